The summed E-state index contributed by atoms with van der Waals surface area (Å²) in [6, 6.07) is 5.33. The molecule has 1 heterocycles. The first-order valence-corrected chi connectivity index (χ1v) is 5.77. The van der Waals surface area contributed by atoms with Crippen molar-refractivity contribution < 1.29 is 9.53 Å². The molecule has 5 nitrogen and oxygen atoms in total. The van der Waals surface area contributed by atoms with Gasteiger partial charge in [0, 0.05) is 0 Å². The summed E-state index contributed by atoms with van der Waals surface area (Å²) in [4.78, 5) is 18.5. The number of nitrogens with zero attached hydrogens (tertiary/aromatic N) is 3. The molecule has 0 radical (unpaired) electrons. The Hall–Kier alpha value is -1.88. The second kappa shape index (κ2) is 4.78. The summed E-state index contributed by atoms with van der Waals surface area (Å²) >= 11 is 0. The van der Waals surface area contributed by atoms with E-state index in [9.17, 15) is 4.79 Å². The van der Waals surface area contributed by atoms with Gasteiger partial charge in [0.05, 0.1) is 18.7 Å². The molecule has 0 N–H and O–H groups in total. The van der Waals surface area contributed by atoms with Gasteiger partial charge in [-0.15, -0.1) is 0 Å². The van der Waals surface area contributed by atoms with Crippen LogP contribution in [0.25, 0.3) is 11.0 Å². The second-order valence-corrected chi connectivity index (χ2v) is 4.42. The molecule has 0 amide bonds. The lowest BCUT2D eigenvalue weighted by Gasteiger charge is -2.19. The number of aromatic nitrogens is 2. The molecule has 1 aromatic carbocycles. The van der Waals surface area contributed by atoms with Crippen LogP contribution < -0.4 is 4.74 Å². The molecule has 0 aliphatic carbocycles. The lowest BCUT2D eigenvalue weighted by Crippen LogP contribution is -2.36. The van der Waals surface area contributed by atoms with Crippen molar-refractivity contribution in [2.45, 2.75) is 13.0 Å². The van der Waals surface area contributed by atoms with E-state index in [2.05, 4.69) is 4.98 Å². The van der Waals surface area contributed by atoms with Crippen molar-refractivity contribution >= 4 is 16.9 Å². The average molecular weight is 247 g/mol. The Morgan fingerprint density at radius 2 is 2.17 bits per heavy atom. The molecular formula is C13H17N3O2. The molecule has 0 bridgehead atoms. The Balaban J connectivity index is 2.55. The summed E-state index contributed by atoms with van der Waals surface area (Å²) < 4.78 is 6.84. The highest BCUT2D eigenvalue weighted by Crippen LogP contribution is 2.24. The number of para-hydroxylation sites is 1. The summed E-state index contributed by atoms with van der Waals surface area (Å²) in [6.45, 7) is 1.86. The van der Waals surface area contributed by atoms with Crippen LogP contribution in [0.4, 0.5) is 0 Å². The molecule has 18 heavy (non-hydrogen) atoms. The van der Waals surface area contributed by atoms with Gasteiger partial charge in [-0.25, -0.2) is 4.98 Å². The van der Waals surface area contributed by atoms with E-state index in [1.807, 2.05) is 44.1 Å². The summed E-state index contributed by atoms with van der Waals surface area (Å²) in [6.07, 6.45) is 1.55. The van der Waals surface area contributed by atoms with Gasteiger partial charge < -0.3 is 4.74 Å². The average Bonchev–Trinajstić information content (AvgIpc) is 2.80. The largest absolute Gasteiger partial charge is 0.494 e. The zero-order chi connectivity index (χ0) is 13.3. The van der Waals surface area contributed by atoms with E-state index in [4.69, 9.17) is 4.74 Å². The van der Waals surface area contributed by atoms with Crippen LogP contribution in [0.5, 0.6) is 5.75 Å². The highest BCUT2D eigenvalue weighted by atomic mass is 16.5. The van der Waals surface area contributed by atoms with Gasteiger partial charge in [0.15, 0.2) is 0 Å². The van der Waals surface area contributed by atoms with E-state index in [0.717, 1.165) is 11.0 Å². The van der Waals surface area contributed by atoms with Crippen molar-refractivity contribution in [1.82, 2.24) is 14.5 Å². The molecule has 0 fully saturated rings. The molecular weight excluding hydrogens is 230 g/mol. The van der Waals surface area contributed by atoms with Gasteiger partial charge in [-0.3, -0.25) is 14.3 Å². The van der Waals surface area contributed by atoms with Gasteiger partial charge in [-0.1, -0.05) is 6.07 Å². The molecule has 2 rings (SSSR count). The van der Waals surface area contributed by atoms with E-state index < -0.39 is 0 Å². The molecule has 2 aromatic rings. The van der Waals surface area contributed by atoms with Crippen LogP contribution in [0.15, 0.2) is 24.5 Å². The van der Waals surface area contributed by atoms with Crippen molar-refractivity contribution in [3.63, 3.8) is 0 Å². The van der Waals surface area contributed by atoms with Gasteiger partial charge in [0.1, 0.15) is 17.6 Å². The normalized spacial score (nSPS) is 12.9. The molecule has 0 saturated heterocycles. The van der Waals surface area contributed by atoms with Crippen LogP contribution >= 0.6 is 0 Å². The first-order valence-electron chi connectivity index (χ1n) is 5.77. The van der Waals surface area contributed by atoms with Crippen molar-refractivity contribution in [3.05, 3.63) is 24.5 Å². The van der Waals surface area contributed by atoms with Crippen LogP contribution in [0.2, 0.25) is 0 Å². The zero-order valence-corrected chi connectivity index (χ0v) is 11.0. The molecule has 5 heteroatoms. The fourth-order valence-corrected chi connectivity index (χ4v) is 1.79. The lowest BCUT2D eigenvalue weighted by molar-refractivity contribution is 0.0808. The molecule has 96 valence electrons. The van der Waals surface area contributed by atoms with Gasteiger partial charge in [-0.05, 0) is 33.2 Å². The quantitative estimate of drug-likeness (QED) is 0.827. The number of benzene rings is 1. The van der Waals surface area contributed by atoms with Crippen LogP contribution in [0.1, 0.15) is 11.7 Å². The standard InChI is InChI=1S/C13H17N3O2/c1-9(15(2)3)13(17)16-8-14-10-6-5-7-11(18-4)12(10)16/h5-9H,1-4H3. The van der Waals surface area contributed by atoms with E-state index in [1.165, 1.54) is 0 Å². The number of ether oxygens (including phenoxy) is 1. The van der Waals surface area contributed by atoms with Crippen LogP contribution in [0, 0.1) is 0 Å². The molecule has 0 spiro atoms. The minimum atomic E-state index is -0.215. The van der Waals surface area contributed by atoms with E-state index >= 15 is 0 Å². The highest BCUT2D eigenvalue weighted by molar-refractivity contribution is 5.95. The monoisotopic (exact) mass is 247 g/mol. The highest BCUT2D eigenvalue weighted by Gasteiger charge is 2.20. The van der Waals surface area contributed by atoms with Gasteiger partial charge in [0.2, 0.25) is 5.91 Å². The number of carbonyl (C=O) groups is 1. The van der Waals surface area contributed by atoms with E-state index in [1.54, 1.807) is 18.0 Å². The second-order valence-electron chi connectivity index (χ2n) is 4.42. The minimum Gasteiger partial charge on any atom is -0.494 e. The Morgan fingerprint density at radius 1 is 1.44 bits per heavy atom. The fraction of sp³-hybridized carbons (Fsp3) is 0.385. The van der Waals surface area contributed by atoms with Crippen molar-refractivity contribution in [2.24, 2.45) is 0 Å². The molecule has 0 aliphatic rings. The van der Waals surface area contributed by atoms with Gasteiger partial charge in [0.25, 0.3) is 0 Å². The third-order valence-corrected chi connectivity index (χ3v) is 3.12. The number of fused-ring (bicyclic) bond motifs is 1. The number of imidazole rings is 1. The fourth-order valence-electron chi connectivity index (χ4n) is 1.79. The maximum atomic E-state index is 12.4. The topological polar surface area (TPSA) is 47.4 Å². The SMILES string of the molecule is COc1cccc2ncn(C(=O)C(C)N(C)C)c12. The van der Waals surface area contributed by atoms with Crippen LogP contribution in [0.3, 0.4) is 0 Å². The summed E-state index contributed by atoms with van der Waals surface area (Å²) in [5.41, 5.74) is 1.48. The maximum absolute atomic E-state index is 12.4. The Kier molecular flexibility index (Phi) is 3.34. The Morgan fingerprint density at radius 3 is 2.78 bits per heavy atom. The minimum absolute atomic E-state index is 0.0213. The van der Waals surface area contributed by atoms with Gasteiger partial charge in [-0.2, -0.15) is 0 Å². The molecule has 1 unspecified atom stereocenters. The first kappa shape index (κ1) is 12.6. The lowest BCUT2D eigenvalue weighted by atomic mass is 10.2. The number of likely N-dealkylation sites (N-methyl/N-ethyl adjacent to an activating group) is 1. The smallest absolute Gasteiger partial charge is 0.249 e. The third-order valence-electron chi connectivity index (χ3n) is 3.12. The molecule has 1 atom stereocenters. The molecule has 0 aliphatic heterocycles. The Bertz CT molecular complexity index is 575. The maximum Gasteiger partial charge on any atom is 0.249 e. The van der Waals surface area contributed by atoms with E-state index in [0.29, 0.717) is 5.75 Å². The summed E-state index contributed by atoms with van der Waals surface area (Å²) in [5, 5.41) is 0. The molecule has 0 saturated carbocycles. The zero-order valence-electron chi connectivity index (χ0n) is 11.0. The van der Waals surface area contributed by atoms with Crippen molar-refractivity contribution in [1.29, 1.82) is 0 Å². The number of hydrogen-bond acceptors (Lipinski definition) is 4. The first-order chi connectivity index (χ1) is 8.56. The number of carbonyl (C=O) groups excluding carboxylic acids is 1. The van der Waals surface area contributed by atoms with Crippen LogP contribution in [-0.2, 0) is 0 Å². The predicted octanol–water partition coefficient (Wildman–Crippen LogP) is 1.64. The number of methoxy groups -OCH3 is 1. The third kappa shape index (κ3) is 1.97. The number of hydrogen-bond donors (Lipinski definition) is 0. The summed E-state index contributed by atoms with van der Waals surface area (Å²) in [5.74, 6) is 0.635. The van der Waals surface area contributed by atoms with Gasteiger partial charge >= 0.3 is 0 Å². The van der Waals surface area contributed by atoms with Crippen LogP contribution in [-0.4, -0.2) is 47.6 Å². The Labute approximate surface area is 106 Å². The van der Waals surface area contributed by atoms with E-state index in [-0.39, 0.29) is 11.9 Å². The molecule has 1 aromatic heterocycles. The number of rotatable bonds is 3. The van der Waals surface area contributed by atoms with Crippen molar-refractivity contribution in [2.75, 3.05) is 21.2 Å². The van der Waals surface area contributed by atoms with Crippen molar-refractivity contribution in [3.8, 4) is 5.75 Å². The predicted molar refractivity (Wildman–Crippen MR) is 70.1 cm³/mol. The summed E-state index contributed by atoms with van der Waals surface area (Å²) in [7, 11) is 5.34.